The molecule has 0 saturated carbocycles. The van der Waals surface area contributed by atoms with Gasteiger partial charge in [0.05, 0.1) is 0 Å². The van der Waals surface area contributed by atoms with Crippen molar-refractivity contribution in [2.45, 2.75) is 47.3 Å². The first-order chi connectivity index (χ1) is 9.89. The maximum absolute atomic E-state index is 11.8. The van der Waals surface area contributed by atoms with Crippen molar-refractivity contribution in [3.05, 3.63) is 0 Å². The van der Waals surface area contributed by atoms with Gasteiger partial charge in [0.1, 0.15) is 0 Å². The zero-order valence-electron chi connectivity index (χ0n) is 12.1. The second kappa shape index (κ2) is 7.73. The Hall–Kier alpha value is 0.0284. The van der Waals surface area contributed by atoms with E-state index in [9.17, 15) is 27.5 Å². The Kier molecular flexibility index (Phi) is 7.06. The van der Waals surface area contributed by atoms with Gasteiger partial charge in [-0.2, -0.15) is 0 Å². The van der Waals surface area contributed by atoms with E-state index >= 15 is 0 Å². The van der Waals surface area contributed by atoms with Gasteiger partial charge in [0.15, 0.2) is 0 Å². The van der Waals surface area contributed by atoms with E-state index in [-0.39, 0.29) is 5.21 Å². The van der Waals surface area contributed by atoms with Crippen LogP contribution in [0.3, 0.4) is 0 Å². The Morgan fingerprint density at radius 1 is 1.23 bits per heavy atom. The summed E-state index contributed by atoms with van der Waals surface area (Å²) >= 11 is -3.10. The van der Waals surface area contributed by atoms with Crippen LogP contribution in [0.25, 0.3) is 0 Å². The topological polar surface area (TPSA) is 160 Å². The van der Waals surface area contributed by atoms with E-state index in [2.05, 4.69) is 4.18 Å². The number of aliphatic hydroxyl groups excluding tert-OH is 3. The SMILES string of the molecule is C[As](C)(=O)C[C@H]1OC(OCC(O)COS(=O)(=O)O)C(O)[C@H]1O. The van der Waals surface area contributed by atoms with Crippen molar-refractivity contribution in [2.24, 2.45) is 0 Å². The fraction of sp³-hybridized carbons (Fsp3) is 1.00. The van der Waals surface area contributed by atoms with Crippen molar-refractivity contribution in [1.82, 2.24) is 0 Å². The molecule has 0 amide bonds. The van der Waals surface area contributed by atoms with Crippen molar-refractivity contribution in [3.8, 4) is 0 Å². The Morgan fingerprint density at radius 3 is 2.32 bits per heavy atom. The molecule has 0 radical (unpaired) electrons. The first-order valence-corrected chi connectivity index (χ1v) is 13.6. The van der Waals surface area contributed by atoms with Crippen molar-refractivity contribution in [2.75, 3.05) is 13.2 Å². The number of ether oxygens (including phenoxy) is 2. The zero-order chi connectivity index (χ0) is 17.1. The summed E-state index contributed by atoms with van der Waals surface area (Å²) in [4.78, 5) is 0. The third kappa shape index (κ3) is 7.07. The molecule has 4 N–H and O–H groups in total. The Morgan fingerprint density at radius 2 is 1.82 bits per heavy atom. The standard InChI is InChI=1S/C10H21AsO10S/c1-11(2,15)3-7-8(13)9(14)10(21-7)19-4-6(12)5-20-22(16,17)18/h6-10,12-14H,3-5H2,1-2H3,(H,16,17,18)/t6?,7-,8+,9?,10?/m1/s1. The average Bonchev–Trinajstić information content (AvgIpc) is 2.59. The fourth-order valence-electron chi connectivity index (χ4n) is 1.85. The minimum absolute atomic E-state index is 0.116. The van der Waals surface area contributed by atoms with Gasteiger partial charge in [-0.15, -0.1) is 0 Å². The molecule has 1 heterocycles. The number of hydrogen-bond acceptors (Lipinski definition) is 9. The van der Waals surface area contributed by atoms with Crippen LogP contribution < -0.4 is 0 Å². The first-order valence-electron chi connectivity index (χ1n) is 6.36. The molecule has 0 aliphatic carbocycles. The molecule has 3 unspecified atom stereocenters. The predicted molar refractivity (Wildman–Crippen MR) is 73.1 cm³/mol. The van der Waals surface area contributed by atoms with Crippen LogP contribution in [-0.2, 0) is 27.8 Å². The molecule has 0 aromatic heterocycles. The first kappa shape index (κ1) is 20.1. The molecule has 22 heavy (non-hydrogen) atoms. The number of hydrogen-bond donors (Lipinski definition) is 4. The summed E-state index contributed by atoms with van der Waals surface area (Å²) < 4.78 is 55.0. The van der Waals surface area contributed by atoms with Gasteiger partial charge in [-0.1, -0.05) is 0 Å². The molecule has 1 rings (SSSR count). The van der Waals surface area contributed by atoms with E-state index < -0.39 is 67.8 Å². The molecule has 1 aliphatic heterocycles. The second-order valence-corrected chi connectivity index (χ2v) is 13.9. The summed E-state index contributed by atoms with van der Waals surface area (Å²) in [7, 11) is -4.67. The van der Waals surface area contributed by atoms with Gasteiger partial charge in [-0.05, 0) is 0 Å². The molecule has 0 spiro atoms. The van der Waals surface area contributed by atoms with E-state index in [0.717, 1.165) is 0 Å². The van der Waals surface area contributed by atoms with Gasteiger partial charge in [-0.3, -0.25) is 0 Å². The molecular formula is C10H21AsO10S. The molecule has 10 nitrogen and oxygen atoms in total. The summed E-state index contributed by atoms with van der Waals surface area (Å²) in [6.45, 7) is -1.20. The van der Waals surface area contributed by atoms with Crippen molar-refractivity contribution >= 4 is 23.9 Å². The molecule has 5 atom stereocenters. The molecule has 1 saturated heterocycles. The van der Waals surface area contributed by atoms with Crippen molar-refractivity contribution < 1.29 is 45.7 Å². The van der Waals surface area contributed by atoms with E-state index in [1.54, 1.807) is 11.4 Å². The van der Waals surface area contributed by atoms with Crippen LogP contribution in [0.4, 0.5) is 0 Å². The van der Waals surface area contributed by atoms with Crippen LogP contribution in [0.15, 0.2) is 0 Å². The van der Waals surface area contributed by atoms with Crippen LogP contribution in [0.5, 0.6) is 0 Å². The molecular weight excluding hydrogens is 387 g/mol. The molecule has 12 heteroatoms. The van der Waals surface area contributed by atoms with Gasteiger partial charge in [0.2, 0.25) is 0 Å². The summed E-state index contributed by atoms with van der Waals surface area (Å²) in [6.07, 6.45) is -6.15. The van der Waals surface area contributed by atoms with Crippen molar-refractivity contribution in [1.29, 1.82) is 0 Å². The van der Waals surface area contributed by atoms with Crippen LogP contribution >= 0.6 is 0 Å². The number of aliphatic hydroxyl groups is 3. The van der Waals surface area contributed by atoms with E-state index in [1.165, 1.54) is 0 Å². The molecule has 132 valence electrons. The molecule has 0 aromatic carbocycles. The van der Waals surface area contributed by atoms with Gasteiger partial charge < -0.3 is 0 Å². The second-order valence-electron chi connectivity index (χ2n) is 5.48. The average molecular weight is 408 g/mol. The maximum atomic E-state index is 11.8. The summed E-state index contributed by atoms with van der Waals surface area (Å²) in [6, 6.07) is 0. The van der Waals surface area contributed by atoms with Crippen LogP contribution in [0.1, 0.15) is 0 Å². The van der Waals surface area contributed by atoms with Gasteiger partial charge in [-0.25, -0.2) is 0 Å². The Balaban J connectivity index is 2.45. The zero-order valence-corrected chi connectivity index (χ0v) is 14.8. The Labute approximate surface area is 130 Å². The monoisotopic (exact) mass is 408 g/mol. The van der Waals surface area contributed by atoms with E-state index in [0.29, 0.717) is 0 Å². The van der Waals surface area contributed by atoms with Crippen LogP contribution in [0, 0.1) is 0 Å². The summed E-state index contributed by atoms with van der Waals surface area (Å²) in [5.41, 5.74) is 3.15. The van der Waals surface area contributed by atoms with Gasteiger partial charge in [0.25, 0.3) is 0 Å². The minimum atomic E-state index is -4.67. The fourth-order valence-corrected chi connectivity index (χ4v) is 4.64. The van der Waals surface area contributed by atoms with Crippen molar-refractivity contribution in [3.63, 3.8) is 0 Å². The van der Waals surface area contributed by atoms with E-state index in [4.69, 9.17) is 14.0 Å². The van der Waals surface area contributed by atoms with Gasteiger partial charge >= 0.3 is 130 Å². The van der Waals surface area contributed by atoms with Crippen LogP contribution in [-0.4, -0.2) is 85.7 Å². The third-order valence-electron chi connectivity index (χ3n) is 2.80. The van der Waals surface area contributed by atoms with Crippen LogP contribution in [0.2, 0.25) is 16.6 Å². The third-order valence-corrected chi connectivity index (χ3v) is 5.83. The predicted octanol–water partition coefficient (Wildman–Crippen LogP) is -1.73. The van der Waals surface area contributed by atoms with E-state index in [1.807, 2.05) is 0 Å². The van der Waals surface area contributed by atoms with Gasteiger partial charge in [0, 0.05) is 0 Å². The summed E-state index contributed by atoms with van der Waals surface area (Å²) in [5.74, 6) is 0. The molecule has 1 aliphatic rings. The molecule has 1 fully saturated rings. The molecule has 0 aromatic rings. The number of rotatable bonds is 8. The Bertz CT molecular complexity index is 502. The quantitative estimate of drug-likeness (QED) is 0.268. The summed E-state index contributed by atoms with van der Waals surface area (Å²) in [5, 5.41) is 29.1. The molecule has 0 bridgehead atoms. The normalized spacial score (nSPS) is 31.4.